The predicted molar refractivity (Wildman–Crippen MR) is 112 cm³/mol. The Morgan fingerprint density at radius 2 is 1.43 bits per heavy atom. The van der Waals surface area contributed by atoms with Crippen molar-refractivity contribution in [1.29, 1.82) is 0 Å². The Bertz CT molecular complexity index is 889. The molecule has 0 saturated carbocycles. The van der Waals surface area contributed by atoms with Crippen molar-refractivity contribution in [3.8, 4) is 0 Å². The zero-order valence-electron chi connectivity index (χ0n) is 18.6. The van der Waals surface area contributed by atoms with Crippen LogP contribution in [0.2, 0.25) is 0 Å². The Kier molecular flexibility index (Phi) is 11.5. The Hall–Kier alpha value is -3.36. The van der Waals surface area contributed by atoms with Crippen LogP contribution in [0.15, 0.2) is 36.7 Å². The van der Waals surface area contributed by atoms with E-state index in [1.54, 1.807) is 0 Å². The molecule has 35 heavy (non-hydrogen) atoms. The van der Waals surface area contributed by atoms with Crippen LogP contribution < -0.4 is 4.90 Å². The number of aromatic nitrogens is 3. The van der Waals surface area contributed by atoms with Crippen LogP contribution in [0.4, 0.5) is 32.2 Å². The minimum Gasteiger partial charge on any atom is -0.475 e. The molecule has 15 heteroatoms. The summed E-state index contributed by atoms with van der Waals surface area (Å²) >= 11 is 0. The Morgan fingerprint density at radius 1 is 0.886 bits per heavy atom. The number of halogens is 6. The Balaban J connectivity index is 0.000000362. The highest BCUT2D eigenvalue weighted by atomic mass is 19.4. The molecule has 0 atom stereocenters. The SMILES string of the molecule is Cc1ccnn1CCCN1CCN(c2ccccn2)CC1.O=C(O)C(F)(F)F.O=C(O)C(F)(F)F. The van der Waals surface area contributed by atoms with Crippen LogP contribution in [0.1, 0.15) is 12.1 Å². The van der Waals surface area contributed by atoms with Gasteiger partial charge in [-0.1, -0.05) is 6.07 Å². The number of piperazine rings is 1. The molecule has 0 unspecified atom stereocenters. The van der Waals surface area contributed by atoms with Gasteiger partial charge in [-0.3, -0.25) is 9.58 Å². The number of carboxylic acids is 2. The van der Waals surface area contributed by atoms with Crippen molar-refractivity contribution in [2.24, 2.45) is 0 Å². The highest BCUT2D eigenvalue weighted by Gasteiger charge is 2.38. The normalized spacial score (nSPS) is 14.3. The molecule has 1 saturated heterocycles. The van der Waals surface area contributed by atoms with Gasteiger partial charge in [0, 0.05) is 57.4 Å². The molecule has 0 aliphatic carbocycles. The number of hydrogen-bond donors (Lipinski definition) is 2. The number of anilines is 1. The minimum atomic E-state index is -5.08. The molecule has 2 aromatic heterocycles. The Labute approximate surface area is 196 Å². The summed E-state index contributed by atoms with van der Waals surface area (Å²) in [6.07, 6.45) is -5.26. The van der Waals surface area contributed by atoms with Crippen LogP contribution >= 0.6 is 0 Å². The number of carboxylic acid groups (broad SMARTS) is 2. The average molecular weight is 513 g/mol. The summed E-state index contributed by atoms with van der Waals surface area (Å²) in [5.41, 5.74) is 1.25. The fourth-order valence-electron chi connectivity index (χ4n) is 2.82. The maximum atomic E-state index is 10.6. The summed E-state index contributed by atoms with van der Waals surface area (Å²) in [4.78, 5) is 27.1. The van der Waals surface area contributed by atoms with Crippen LogP contribution in [0.3, 0.4) is 0 Å². The van der Waals surface area contributed by atoms with Gasteiger partial charge in [-0.25, -0.2) is 14.6 Å². The third-order valence-electron chi connectivity index (χ3n) is 4.60. The molecular weight excluding hydrogens is 488 g/mol. The monoisotopic (exact) mass is 513 g/mol. The van der Waals surface area contributed by atoms with Gasteiger partial charge in [0.2, 0.25) is 0 Å². The number of rotatable bonds is 5. The first-order chi connectivity index (χ1) is 16.2. The lowest BCUT2D eigenvalue weighted by atomic mass is 10.2. The van der Waals surface area contributed by atoms with Crippen molar-refractivity contribution < 1.29 is 46.1 Å². The first-order valence-electron chi connectivity index (χ1n) is 10.2. The molecule has 1 fully saturated rings. The molecule has 1 aliphatic rings. The van der Waals surface area contributed by atoms with Crippen molar-refractivity contribution in [1.82, 2.24) is 19.7 Å². The number of alkyl halides is 6. The molecule has 0 spiro atoms. The zero-order valence-corrected chi connectivity index (χ0v) is 18.6. The molecule has 9 nitrogen and oxygen atoms in total. The molecule has 1 aliphatic heterocycles. The molecule has 0 radical (unpaired) electrons. The van der Waals surface area contributed by atoms with E-state index in [2.05, 4.69) is 49.7 Å². The van der Waals surface area contributed by atoms with Crippen LogP contribution in [0.5, 0.6) is 0 Å². The number of carbonyl (C=O) groups is 2. The van der Waals surface area contributed by atoms with E-state index >= 15 is 0 Å². The maximum Gasteiger partial charge on any atom is 0.490 e. The van der Waals surface area contributed by atoms with Crippen molar-refractivity contribution in [2.75, 3.05) is 37.6 Å². The van der Waals surface area contributed by atoms with Crippen molar-refractivity contribution in [3.05, 3.63) is 42.4 Å². The zero-order chi connectivity index (χ0) is 26.6. The summed E-state index contributed by atoms with van der Waals surface area (Å²) < 4.78 is 65.6. The number of aliphatic carboxylic acids is 2. The van der Waals surface area contributed by atoms with E-state index in [-0.39, 0.29) is 0 Å². The lowest BCUT2D eigenvalue weighted by Gasteiger charge is -2.35. The molecule has 3 heterocycles. The summed E-state index contributed by atoms with van der Waals surface area (Å²) in [7, 11) is 0. The maximum absolute atomic E-state index is 10.6. The minimum absolute atomic E-state index is 1.01. The van der Waals surface area contributed by atoms with E-state index in [9.17, 15) is 26.3 Å². The predicted octanol–water partition coefficient (Wildman–Crippen LogP) is 3.07. The number of aryl methyl sites for hydroxylation is 2. The number of pyridine rings is 1. The third-order valence-corrected chi connectivity index (χ3v) is 4.60. The highest BCUT2D eigenvalue weighted by Crippen LogP contribution is 2.14. The fourth-order valence-corrected chi connectivity index (χ4v) is 2.82. The quantitative estimate of drug-likeness (QED) is 0.587. The third kappa shape index (κ3) is 11.6. The Morgan fingerprint density at radius 3 is 1.83 bits per heavy atom. The smallest absolute Gasteiger partial charge is 0.475 e. The van der Waals surface area contributed by atoms with Crippen molar-refractivity contribution in [2.45, 2.75) is 32.2 Å². The van der Waals surface area contributed by atoms with E-state index in [1.807, 2.05) is 18.5 Å². The van der Waals surface area contributed by atoms with Gasteiger partial charge in [-0.2, -0.15) is 31.4 Å². The molecule has 3 rings (SSSR count). The van der Waals surface area contributed by atoms with Gasteiger partial charge < -0.3 is 15.1 Å². The van der Waals surface area contributed by atoms with Crippen LogP contribution in [0.25, 0.3) is 0 Å². The van der Waals surface area contributed by atoms with Crippen LogP contribution in [0, 0.1) is 6.92 Å². The van der Waals surface area contributed by atoms with Crippen molar-refractivity contribution in [3.63, 3.8) is 0 Å². The van der Waals surface area contributed by atoms with Crippen LogP contribution in [-0.2, 0) is 16.1 Å². The van der Waals surface area contributed by atoms with E-state index in [1.165, 1.54) is 5.69 Å². The summed E-state index contributed by atoms with van der Waals surface area (Å²) in [6.45, 7) is 8.65. The second-order valence-corrected chi connectivity index (χ2v) is 7.17. The van der Waals surface area contributed by atoms with Gasteiger partial charge in [0.25, 0.3) is 0 Å². The van der Waals surface area contributed by atoms with Gasteiger partial charge in [-0.05, 0) is 31.5 Å². The lowest BCUT2D eigenvalue weighted by Crippen LogP contribution is -2.47. The van der Waals surface area contributed by atoms with Gasteiger partial charge in [0.05, 0.1) is 0 Å². The first-order valence-corrected chi connectivity index (χ1v) is 10.2. The van der Waals surface area contributed by atoms with E-state index < -0.39 is 24.3 Å². The molecule has 2 N–H and O–H groups in total. The molecule has 0 amide bonds. The molecule has 0 aromatic carbocycles. The first kappa shape index (κ1) is 29.7. The molecular formula is C20H25F6N5O4. The fraction of sp³-hybridized carbons (Fsp3) is 0.500. The van der Waals surface area contributed by atoms with E-state index in [0.717, 1.165) is 51.5 Å². The van der Waals surface area contributed by atoms with Gasteiger partial charge in [0.15, 0.2) is 0 Å². The van der Waals surface area contributed by atoms with Crippen molar-refractivity contribution >= 4 is 17.8 Å². The molecule has 196 valence electrons. The average Bonchev–Trinajstić information content (AvgIpc) is 3.19. The molecule has 0 bridgehead atoms. The standard InChI is InChI=1S/C16H23N5.2C2HF3O2/c1-15-6-8-18-21(15)10-4-9-19-11-13-20(14-12-19)16-5-2-3-7-17-16;2*3-2(4,5)1(6)7/h2-3,5-8H,4,9-14H2,1H3;2*(H,6,7). The van der Waals surface area contributed by atoms with Gasteiger partial charge in [-0.15, -0.1) is 0 Å². The summed E-state index contributed by atoms with van der Waals surface area (Å²) in [5, 5.41) is 18.6. The number of hydrogen-bond acceptors (Lipinski definition) is 6. The number of nitrogens with zero attached hydrogens (tertiary/aromatic N) is 5. The largest absolute Gasteiger partial charge is 0.490 e. The second kappa shape index (κ2) is 13.5. The van der Waals surface area contributed by atoms with Crippen LogP contribution in [-0.4, -0.2) is 86.9 Å². The summed E-state index contributed by atoms with van der Waals surface area (Å²) in [5.74, 6) is -4.41. The second-order valence-electron chi connectivity index (χ2n) is 7.17. The summed E-state index contributed by atoms with van der Waals surface area (Å²) in [6, 6.07) is 8.18. The lowest BCUT2D eigenvalue weighted by molar-refractivity contribution is -0.193. The van der Waals surface area contributed by atoms with Gasteiger partial charge >= 0.3 is 24.3 Å². The van der Waals surface area contributed by atoms with E-state index in [4.69, 9.17) is 19.8 Å². The van der Waals surface area contributed by atoms with Gasteiger partial charge in [0.1, 0.15) is 5.82 Å². The van der Waals surface area contributed by atoms with E-state index in [0.29, 0.717) is 0 Å². The topological polar surface area (TPSA) is 112 Å². The molecule has 2 aromatic rings. The highest BCUT2D eigenvalue weighted by molar-refractivity contribution is 5.73.